The number of imide groups is 1. The van der Waals surface area contributed by atoms with Crippen LogP contribution in [0.1, 0.15) is 26.3 Å². The number of nitro benzene ring substituents is 1. The molecule has 1 aliphatic heterocycles. The van der Waals surface area contributed by atoms with Crippen molar-refractivity contribution in [3.05, 3.63) is 74.6 Å². The average Bonchev–Trinajstić information content (AvgIpc) is 3.21. The molecule has 0 unspecified atom stereocenters. The molecule has 1 aromatic heterocycles. The van der Waals surface area contributed by atoms with Crippen LogP contribution in [-0.2, 0) is 16.1 Å². The predicted molar refractivity (Wildman–Crippen MR) is 100 cm³/mol. The largest absolute Gasteiger partial charge is 0.459 e. The highest BCUT2D eigenvalue weighted by Crippen LogP contribution is 2.31. The lowest BCUT2D eigenvalue weighted by atomic mass is 10.1. The molecule has 9 heteroatoms. The van der Waals surface area contributed by atoms with E-state index in [0.717, 1.165) is 21.7 Å². The molecule has 0 radical (unpaired) electrons. The van der Waals surface area contributed by atoms with Crippen LogP contribution in [0.25, 0.3) is 10.1 Å². The molecule has 0 spiro atoms. The number of ether oxygens (including phenoxy) is 1. The predicted octanol–water partition coefficient (Wildman–Crippen LogP) is 3.15. The highest BCUT2D eigenvalue weighted by atomic mass is 32.1. The van der Waals surface area contributed by atoms with Gasteiger partial charge in [0.15, 0.2) is 0 Å². The lowest BCUT2D eigenvalue weighted by molar-refractivity contribution is -0.385. The molecule has 0 saturated carbocycles. The first-order valence-electron chi connectivity index (χ1n) is 8.21. The zero-order chi connectivity index (χ0) is 19.8. The van der Waals surface area contributed by atoms with Crippen LogP contribution in [0, 0.1) is 10.1 Å². The van der Waals surface area contributed by atoms with Gasteiger partial charge in [0, 0.05) is 16.3 Å². The number of amides is 2. The maximum atomic E-state index is 12.5. The number of thiophene rings is 1. The van der Waals surface area contributed by atoms with Gasteiger partial charge in [-0.05, 0) is 22.9 Å². The summed E-state index contributed by atoms with van der Waals surface area (Å²) in [6, 6.07) is 11.5. The quantitative estimate of drug-likeness (QED) is 0.284. The number of esters is 1. The van der Waals surface area contributed by atoms with Gasteiger partial charge in [-0.25, -0.2) is 0 Å². The van der Waals surface area contributed by atoms with Crippen LogP contribution < -0.4 is 0 Å². The van der Waals surface area contributed by atoms with E-state index in [1.54, 1.807) is 0 Å². The fourth-order valence-electron chi connectivity index (χ4n) is 3.09. The van der Waals surface area contributed by atoms with Crippen LogP contribution in [0.2, 0.25) is 0 Å². The molecule has 0 atom stereocenters. The van der Waals surface area contributed by atoms with Crippen molar-refractivity contribution in [3.8, 4) is 0 Å². The Morgan fingerprint density at radius 2 is 1.89 bits per heavy atom. The highest BCUT2D eigenvalue weighted by Gasteiger charge is 2.41. The van der Waals surface area contributed by atoms with Crippen LogP contribution >= 0.6 is 11.3 Å². The van der Waals surface area contributed by atoms with Crippen molar-refractivity contribution in [1.82, 2.24) is 4.90 Å². The molecule has 4 rings (SSSR count). The molecule has 2 heterocycles. The topological polar surface area (TPSA) is 107 Å². The summed E-state index contributed by atoms with van der Waals surface area (Å²) in [6.07, 6.45) is 0. The molecule has 0 saturated heterocycles. The van der Waals surface area contributed by atoms with E-state index >= 15 is 0 Å². The van der Waals surface area contributed by atoms with Crippen LogP contribution in [0.3, 0.4) is 0 Å². The van der Waals surface area contributed by atoms with Gasteiger partial charge in [0.1, 0.15) is 18.7 Å². The zero-order valence-corrected chi connectivity index (χ0v) is 15.1. The normalized spacial score (nSPS) is 13.1. The van der Waals surface area contributed by atoms with Crippen LogP contribution in [0.4, 0.5) is 5.69 Å². The summed E-state index contributed by atoms with van der Waals surface area (Å²) in [6.45, 7) is -0.599. The Hall–Kier alpha value is -3.59. The number of hydrogen-bond acceptors (Lipinski definition) is 7. The van der Waals surface area contributed by atoms with E-state index < -0.39 is 34.9 Å². The molecular formula is C19H12N2O6S. The number of nitro groups is 1. The van der Waals surface area contributed by atoms with Gasteiger partial charge >= 0.3 is 5.97 Å². The van der Waals surface area contributed by atoms with E-state index in [9.17, 15) is 24.5 Å². The molecule has 2 amide bonds. The Labute approximate surface area is 162 Å². The van der Waals surface area contributed by atoms with Crippen LogP contribution in [-0.4, -0.2) is 34.2 Å². The Morgan fingerprint density at radius 1 is 1.11 bits per heavy atom. The van der Waals surface area contributed by atoms with Gasteiger partial charge < -0.3 is 4.74 Å². The molecule has 0 bridgehead atoms. The Kier molecular flexibility index (Phi) is 4.36. The summed E-state index contributed by atoms with van der Waals surface area (Å²) in [4.78, 5) is 48.1. The summed E-state index contributed by atoms with van der Waals surface area (Å²) < 4.78 is 6.27. The number of carbonyl (C=O) groups is 3. The Morgan fingerprint density at radius 3 is 2.68 bits per heavy atom. The maximum Gasteiger partial charge on any atom is 0.326 e. The van der Waals surface area contributed by atoms with Crippen molar-refractivity contribution in [1.29, 1.82) is 0 Å². The van der Waals surface area contributed by atoms with E-state index in [0.29, 0.717) is 4.90 Å². The SMILES string of the molecule is O=C(CN1C(=O)c2cccc([N+](=O)[O-])c2C1=O)OCc1csc2ccccc12. The fraction of sp³-hybridized carbons (Fsp3) is 0.105. The van der Waals surface area contributed by atoms with Crippen molar-refractivity contribution in [2.45, 2.75) is 6.61 Å². The second kappa shape index (κ2) is 6.86. The smallest absolute Gasteiger partial charge is 0.326 e. The number of hydrogen-bond donors (Lipinski definition) is 0. The number of carbonyl (C=O) groups excluding carboxylic acids is 3. The molecule has 2 aromatic carbocycles. The molecule has 0 fully saturated rings. The second-order valence-electron chi connectivity index (χ2n) is 6.07. The van der Waals surface area contributed by atoms with Gasteiger partial charge in [-0.1, -0.05) is 24.3 Å². The van der Waals surface area contributed by atoms with E-state index in [4.69, 9.17) is 4.74 Å². The minimum atomic E-state index is -0.870. The standard InChI is InChI=1S/C19H12N2O6S/c22-16(27-9-11-10-28-15-7-2-1-4-12(11)15)8-20-18(23)13-5-3-6-14(21(25)26)17(13)19(20)24/h1-7,10H,8-9H2. The number of fused-ring (bicyclic) bond motifs is 2. The van der Waals surface area contributed by atoms with Crippen molar-refractivity contribution in [2.75, 3.05) is 6.54 Å². The van der Waals surface area contributed by atoms with Gasteiger partial charge in [-0.15, -0.1) is 11.3 Å². The van der Waals surface area contributed by atoms with E-state index in [2.05, 4.69) is 0 Å². The van der Waals surface area contributed by atoms with Gasteiger partial charge in [0.2, 0.25) is 0 Å². The summed E-state index contributed by atoms with van der Waals surface area (Å²) >= 11 is 1.52. The summed E-state index contributed by atoms with van der Waals surface area (Å²) in [5.74, 6) is -2.39. The van der Waals surface area contributed by atoms with E-state index in [1.807, 2.05) is 29.6 Å². The molecule has 8 nitrogen and oxygen atoms in total. The van der Waals surface area contributed by atoms with Crippen molar-refractivity contribution in [3.63, 3.8) is 0 Å². The lowest BCUT2D eigenvalue weighted by Crippen LogP contribution is -2.35. The third-order valence-corrected chi connectivity index (χ3v) is 5.42. The fourth-order valence-corrected chi connectivity index (χ4v) is 4.04. The molecule has 140 valence electrons. The summed E-state index contributed by atoms with van der Waals surface area (Å²) in [7, 11) is 0. The number of nitrogens with zero attached hydrogens (tertiary/aromatic N) is 2. The van der Waals surface area contributed by atoms with Crippen molar-refractivity contribution in [2.24, 2.45) is 0 Å². The zero-order valence-electron chi connectivity index (χ0n) is 14.3. The first-order valence-corrected chi connectivity index (χ1v) is 9.09. The molecule has 0 aliphatic carbocycles. The highest BCUT2D eigenvalue weighted by molar-refractivity contribution is 7.17. The van der Waals surface area contributed by atoms with Crippen molar-refractivity contribution < 1.29 is 24.0 Å². The average molecular weight is 396 g/mol. The lowest BCUT2D eigenvalue weighted by Gasteiger charge is -2.12. The third-order valence-electron chi connectivity index (χ3n) is 4.41. The Bertz CT molecular complexity index is 1150. The number of rotatable bonds is 5. The van der Waals surface area contributed by atoms with E-state index in [1.165, 1.54) is 23.5 Å². The first kappa shape index (κ1) is 17.8. The van der Waals surface area contributed by atoms with Gasteiger partial charge in [0.05, 0.1) is 10.5 Å². The monoisotopic (exact) mass is 396 g/mol. The van der Waals surface area contributed by atoms with Crippen LogP contribution in [0.15, 0.2) is 47.8 Å². The third kappa shape index (κ3) is 2.91. The summed E-state index contributed by atoms with van der Waals surface area (Å²) in [5.41, 5.74) is -0.0200. The number of benzene rings is 2. The Balaban J connectivity index is 1.48. The van der Waals surface area contributed by atoms with Gasteiger partial charge in [0.25, 0.3) is 17.5 Å². The van der Waals surface area contributed by atoms with Gasteiger partial charge in [-0.3, -0.25) is 29.4 Å². The second-order valence-corrected chi connectivity index (χ2v) is 6.98. The molecule has 0 N–H and O–H groups in total. The first-order chi connectivity index (χ1) is 13.5. The van der Waals surface area contributed by atoms with Crippen molar-refractivity contribution >= 4 is 44.9 Å². The summed E-state index contributed by atoms with van der Waals surface area (Å²) in [5, 5.41) is 14.0. The van der Waals surface area contributed by atoms with Crippen LogP contribution in [0.5, 0.6) is 0 Å². The molecular weight excluding hydrogens is 384 g/mol. The maximum absolute atomic E-state index is 12.5. The van der Waals surface area contributed by atoms with Gasteiger partial charge in [-0.2, -0.15) is 0 Å². The molecule has 1 aliphatic rings. The molecule has 28 heavy (non-hydrogen) atoms. The minimum Gasteiger partial charge on any atom is -0.459 e. The minimum absolute atomic E-state index is 0.00611. The van der Waals surface area contributed by atoms with E-state index in [-0.39, 0.29) is 17.7 Å². The molecule has 3 aromatic rings.